The molecule has 0 saturated carbocycles. The van der Waals surface area contributed by atoms with Gasteiger partial charge >= 0.3 is 0 Å². The Bertz CT molecular complexity index is 707. The molecule has 1 aliphatic rings. The van der Waals surface area contributed by atoms with Gasteiger partial charge in [0.25, 0.3) is 5.91 Å². The molecule has 2 aromatic rings. The summed E-state index contributed by atoms with van der Waals surface area (Å²) in [7, 11) is 4.14. The topological polar surface area (TPSA) is 34.0 Å². The van der Waals surface area contributed by atoms with Crippen molar-refractivity contribution in [1.82, 2.24) is 0 Å². The zero-order valence-corrected chi connectivity index (χ0v) is 15.1. The fourth-order valence-corrected chi connectivity index (χ4v) is 2.81. The van der Waals surface area contributed by atoms with Crippen molar-refractivity contribution in [1.29, 1.82) is 0 Å². The summed E-state index contributed by atoms with van der Waals surface area (Å²) < 4.78 is 5.97. The number of hydrogen-bond acceptors (Lipinski definition) is 2. The number of halogens is 2. The lowest BCUT2D eigenvalue weighted by Crippen LogP contribution is -3.06. The van der Waals surface area contributed by atoms with Crippen LogP contribution < -0.4 is 26.9 Å². The van der Waals surface area contributed by atoms with Gasteiger partial charge in [-0.15, -0.1) is 0 Å². The van der Waals surface area contributed by atoms with Gasteiger partial charge in [0.2, 0.25) is 6.10 Å². The van der Waals surface area contributed by atoms with E-state index in [1.54, 1.807) is 17.0 Å². The third-order valence-corrected chi connectivity index (χ3v) is 4.12. The Morgan fingerprint density at radius 1 is 1.17 bits per heavy atom. The maximum atomic E-state index is 13.0. The minimum Gasteiger partial charge on any atom is -1.00 e. The van der Waals surface area contributed by atoms with Crippen molar-refractivity contribution in [2.75, 3.05) is 32.1 Å². The summed E-state index contributed by atoms with van der Waals surface area (Å²) >= 11 is 6.11. The summed E-state index contributed by atoms with van der Waals surface area (Å²) in [5.41, 5.74) is 1.61. The minimum atomic E-state index is -0.609. The number of quaternary nitrogens is 1. The molecule has 0 aliphatic carbocycles. The first-order valence-corrected chi connectivity index (χ1v) is 8.05. The maximum Gasteiger partial charge on any atom is 0.273 e. The molecule has 0 bridgehead atoms. The van der Waals surface area contributed by atoms with Crippen molar-refractivity contribution in [2.24, 2.45) is 0 Å². The van der Waals surface area contributed by atoms with Gasteiger partial charge in [-0.05, 0) is 18.2 Å². The number of likely N-dealkylation sites (N-methyl/N-ethyl adjacent to an activating group) is 1. The number of anilines is 1. The fourth-order valence-electron chi connectivity index (χ4n) is 2.64. The number of nitrogens with one attached hydrogen (secondary N) is 1. The van der Waals surface area contributed by atoms with E-state index in [0.717, 1.165) is 17.8 Å². The largest absolute Gasteiger partial charge is 1.00 e. The molecule has 3 rings (SSSR count). The molecule has 1 N–H and O–H groups in total. The third-order valence-electron chi connectivity index (χ3n) is 3.88. The summed E-state index contributed by atoms with van der Waals surface area (Å²) in [6.07, 6.45) is -0.609. The lowest BCUT2D eigenvalue weighted by atomic mass is 10.1. The first-order chi connectivity index (χ1) is 11.1. The summed E-state index contributed by atoms with van der Waals surface area (Å²) in [4.78, 5) is 16.0. The van der Waals surface area contributed by atoms with Crippen LogP contribution in [-0.2, 0) is 4.79 Å². The van der Waals surface area contributed by atoms with Crippen molar-refractivity contribution in [2.45, 2.75) is 6.10 Å². The Labute approximate surface area is 153 Å². The SMILES string of the molecule is C[NH+](C)CCN1C(=O)C(c2ccccc2)Oc2ccc(Cl)cc21.[Cl-]. The van der Waals surface area contributed by atoms with Gasteiger partial charge in [-0.1, -0.05) is 41.9 Å². The van der Waals surface area contributed by atoms with Crippen molar-refractivity contribution >= 4 is 23.2 Å². The molecular formula is C18H20Cl2N2O2. The van der Waals surface area contributed by atoms with Gasteiger partial charge in [0, 0.05) is 10.6 Å². The predicted molar refractivity (Wildman–Crippen MR) is 91.3 cm³/mol. The highest BCUT2D eigenvalue weighted by Gasteiger charge is 2.35. The van der Waals surface area contributed by atoms with Gasteiger partial charge in [0.05, 0.1) is 32.9 Å². The second kappa shape index (κ2) is 7.88. The molecule has 1 aliphatic heterocycles. The molecule has 24 heavy (non-hydrogen) atoms. The molecule has 0 fully saturated rings. The molecule has 1 heterocycles. The minimum absolute atomic E-state index is 0. The Kier molecular flexibility index (Phi) is 6.10. The highest BCUT2D eigenvalue weighted by Crippen LogP contribution is 2.40. The number of carbonyl (C=O) groups is 1. The summed E-state index contributed by atoms with van der Waals surface area (Å²) in [5.74, 6) is 0.642. The first-order valence-electron chi connectivity index (χ1n) is 7.68. The van der Waals surface area contributed by atoms with Crippen LogP contribution in [0, 0.1) is 0 Å². The van der Waals surface area contributed by atoms with Crippen LogP contribution >= 0.6 is 11.6 Å². The van der Waals surface area contributed by atoms with E-state index in [1.165, 1.54) is 4.90 Å². The van der Waals surface area contributed by atoms with Gasteiger partial charge in [-0.2, -0.15) is 0 Å². The third kappa shape index (κ3) is 3.83. The van der Waals surface area contributed by atoms with Crippen LogP contribution in [0.25, 0.3) is 0 Å². The van der Waals surface area contributed by atoms with E-state index in [9.17, 15) is 4.79 Å². The lowest BCUT2D eigenvalue weighted by Gasteiger charge is -2.34. The number of carbonyl (C=O) groups excluding carboxylic acids is 1. The normalized spacial score (nSPS) is 16.4. The molecule has 0 aromatic heterocycles. The van der Waals surface area contributed by atoms with Crippen LogP contribution in [0.5, 0.6) is 5.75 Å². The molecule has 0 spiro atoms. The molecule has 1 atom stereocenters. The average Bonchev–Trinajstić information content (AvgIpc) is 2.54. The van der Waals surface area contributed by atoms with Crippen LogP contribution in [0.1, 0.15) is 11.7 Å². The summed E-state index contributed by atoms with van der Waals surface area (Å²) in [5, 5.41) is 0.598. The van der Waals surface area contributed by atoms with Gasteiger partial charge in [-0.25, -0.2) is 0 Å². The van der Waals surface area contributed by atoms with Crippen molar-refractivity contribution < 1.29 is 26.8 Å². The van der Waals surface area contributed by atoms with Gasteiger partial charge in [0.1, 0.15) is 5.75 Å². The number of ether oxygens (including phenoxy) is 1. The summed E-state index contributed by atoms with van der Waals surface area (Å²) in [6, 6.07) is 15.0. The van der Waals surface area contributed by atoms with E-state index in [1.807, 2.05) is 36.4 Å². The number of rotatable bonds is 4. The number of fused-ring (bicyclic) bond motifs is 1. The first kappa shape index (κ1) is 18.6. The van der Waals surface area contributed by atoms with Gasteiger partial charge in [0.15, 0.2) is 0 Å². The van der Waals surface area contributed by atoms with Crippen LogP contribution in [0.15, 0.2) is 48.5 Å². The van der Waals surface area contributed by atoms with Crippen molar-refractivity contribution in [3.63, 3.8) is 0 Å². The Balaban J connectivity index is 0.00000208. The van der Waals surface area contributed by atoms with E-state index in [0.29, 0.717) is 17.3 Å². The summed E-state index contributed by atoms with van der Waals surface area (Å²) in [6.45, 7) is 1.47. The van der Waals surface area contributed by atoms with Gasteiger partial charge < -0.3 is 22.0 Å². The lowest BCUT2D eigenvalue weighted by molar-refractivity contribution is -0.856. The highest BCUT2D eigenvalue weighted by atomic mass is 35.5. The zero-order chi connectivity index (χ0) is 16.4. The zero-order valence-electron chi connectivity index (χ0n) is 13.6. The number of hydrogen-bond donors (Lipinski definition) is 1. The Hall–Kier alpha value is -1.75. The van der Waals surface area contributed by atoms with E-state index < -0.39 is 6.10 Å². The van der Waals surface area contributed by atoms with E-state index in [-0.39, 0.29) is 18.3 Å². The maximum absolute atomic E-state index is 13.0. The van der Waals surface area contributed by atoms with E-state index in [2.05, 4.69) is 14.1 Å². The molecule has 1 unspecified atom stereocenters. The van der Waals surface area contributed by atoms with Crippen LogP contribution in [0.3, 0.4) is 0 Å². The molecule has 6 heteroatoms. The molecule has 2 aromatic carbocycles. The standard InChI is InChI=1S/C18H19ClN2O2.ClH/c1-20(2)10-11-21-15-12-14(19)8-9-16(15)23-17(18(21)22)13-6-4-3-5-7-13;/h3-9,12,17H,10-11H2,1-2H3;1H. The number of amides is 1. The van der Waals surface area contributed by atoms with Crippen LogP contribution in [-0.4, -0.2) is 33.1 Å². The average molecular weight is 367 g/mol. The van der Waals surface area contributed by atoms with E-state index in [4.69, 9.17) is 16.3 Å². The molecule has 4 nitrogen and oxygen atoms in total. The van der Waals surface area contributed by atoms with Crippen LogP contribution in [0.2, 0.25) is 5.02 Å². The molecule has 128 valence electrons. The fraction of sp³-hybridized carbons (Fsp3) is 0.278. The molecule has 0 radical (unpaired) electrons. The second-order valence-electron chi connectivity index (χ2n) is 5.97. The van der Waals surface area contributed by atoms with Gasteiger partial charge in [-0.3, -0.25) is 9.69 Å². The van der Waals surface area contributed by atoms with E-state index >= 15 is 0 Å². The van der Waals surface area contributed by atoms with Crippen molar-refractivity contribution in [3.05, 3.63) is 59.1 Å². The smallest absolute Gasteiger partial charge is 0.273 e. The Morgan fingerprint density at radius 3 is 2.54 bits per heavy atom. The van der Waals surface area contributed by atoms with Crippen molar-refractivity contribution in [3.8, 4) is 5.75 Å². The number of nitrogens with zero attached hydrogens (tertiary/aromatic N) is 1. The Morgan fingerprint density at radius 2 is 1.88 bits per heavy atom. The van der Waals surface area contributed by atoms with Crippen LogP contribution in [0.4, 0.5) is 5.69 Å². The molecule has 0 saturated heterocycles. The number of benzene rings is 2. The predicted octanol–water partition coefficient (Wildman–Crippen LogP) is -1.04. The second-order valence-corrected chi connectivity index (χ2v) is 6.40. The molecular weight excluding hydrogens is 347 g/mol. The quantitative estimate of drug-likeness (QED) is 0.749. The monoisotopic (exact) mass is 366 g/mol. The highest BCUT2D eigenvalue weighted by molar-refractivity contribution is 6.31. The molecule has 1 amide bonds.